The smallest absolute Gasteiger partial charge is 0.422 e. The van der Waals surface area contributed by atoms with E-state index in [2.05, 4.69) is 15.0 Å². The molecule has 1 aromatic rings. The number of rotatable bonds is 5. The number of halogens is 6. The summed E-state index contributed by atoms with van der Waals surface area (Å²) in [5, 5.41) is 2.32. The zero-order valence-corrected chi connectivity index (χ0v) is 11.5. The molecule has 0 aliphatic heterocycles. The van der Waals surface area contributed by atoms with Gasteiger partial charge in [-0.2, -0.15) is 26.3 Å². The Hall–Kier alpha value is -2.00. The number of alkyl halides is 6. The first-order valence-electron chi connectivity index (χ1n) is 6.55. The predicted molar refractivity (Wildman–Crippen MR) is 65.3 cm³/mol. The van der Waals surface area contributed by atoms with Gasteiger partial charge in [0, 0.05) is 18.8 Å². The van der Waals surface area contributed by atoms with E-state index in [0.29, 0.717) is 5.56 Å². The van der Waals surface area contributed by atoms with E-state index in [-0.39, 0.29) is 18.8 Å². The van der Waals surface area contributed by atoms with Crippen LogP contribution in [-0.2, 0) is 11.3 Å². The van der Waals surface area contributed by atoms with Crippen LogP contribution in [0.5, 0.6) is 5.88 Å². The van der Waals surface area contributed by atoms with Crippen LogP contribution in [-0.4, -0.2) is 29.9 Å². The van der Waals surface area contributed by atoms with E-state index in [0.717, 1.165) is 0 Å². The first-order valence-corrected chi connectivity index (χ1v) is 6.55. The van der Waals surface area contributed by atoms with Crippen molar-refractivity contribution in [3.05, 3.63) is 23.9 Å². The zero-order valence-electron chi connectivity index (χ0n) is 11.5. The van der Waals surface area contributed by atoms with Crippen LogP contribution < -0.4 is 10.1 Å². The molecular formula is C13H12F6N2O2. The molecule has 1 aliphatic rings. The highest BCUT2D eigenvalue weighted by Gasteiger charge is 2.58. The Morgan fingerprint density at radius 1 is 1.30 bits per heavy atom. The van der Waals surface area contributed by atoms with Crippen molar-refractivity contribution in [3.8, 4) is 5.88 Å². The Bertz CT molecular complexity index is 572. The van der Waals surface area contributed by atoms with Gasteiger partial charge in [0.25, 0.3) is 0 Å². The Morgan fingerprint density at radius 2 is 2.00 bits per heavy atom. The number of pyridine rings is 1. The van der Waals surface area contributed by atoms with Gasteiger partial charge in [0.05, 0.1) is 11.8 Å². The number of aromatic nitrogens is 1. The molecule has 0 spiro atoms. The molecule has 2 atom stereocenters. The maximum Gasteiger partial charge on any atom is 0.422 e. The van der Waals surface area contributed by atoms with Crippen molar-refractivity contribution in [2.75, 3.05) is 6.61 Å². The second-order valence-electron chi connectivity index (χ2n) is 5.11. The molecule has 10 heteroatoms. The van der Waals surface area contributed by atoms with Gasteiger partial charge >= 0.3 is 12.4 Å². The van der Waals surface area contributed by atoms with Crippen molar-refractivity contribution in [1.29, 1.82) is 0 Å². The number of hydrogen-bond donors (Lipinski definition) is 1. The fraction of sp³-hybridized carbons (Fsp3) is 0.538. The average Bonchev–Trinajstić information content (AvgIpc) is 3.23. The van der Waals surface area contributed by atoms with Crippen LogP contribution in [0.25, 0.3) is 0 Å². The van der Waals surface area contributed by atoms with E-state index < -0.39 is 36.7 Å². The molecule has 1 amide bonds. The predicted octanol–water partition coefficient (Wildman–Crippen LogP) is 2.84. The largest absolute Gasteiger partial charge is 0.468 e. The fourth-order valence-electron chi connectivity index (χ4n) is 1.96. The minimum atomic E-state index is -4.51. The molecule has 1 N–H and O–H groups in total. The highest BCUT2D eigenvalue weighted by atomic mass is 19.4. The van der Waals surface area contributed by atoms with E-state index in [1.165, 1.54) is 18.3 Å². The molecule has 1 aliphatic carbocycles. The van der Waals surface area contributed by atoms with E-state index >= 15 is 0 Å². The van der Waals surface area contributed by atoms with Crippen LogP contribution in [0.15, 0.2) is 18.3 Å². The number of carbonyl (C=O) groups is 1. The summed E-state index contributed by atoms with van der Waals surface area (Å²) in [6.07, 6.45) is -7.96. The first-order chi connectivity index (χ1) is 10.6. The van der Waals surface area contributed by atoms with E-state index in [1.807, 2.05) is 0 Å². The van der Waals surface area contributed by atoms with Gasteiger partial charge in [-0.25, -0.2) is 4.98 Å². The fourth-order valence-corrected chi connectivity index (χ4v) is 1.96. The number of hydrogen-bond acceptors (Lipinski definition) is 3. The van der Waals surface area contributed by atoms with Gasteiger partial charge < -0.3 is 10.1 Å². The molecule has 1 fully saturated rings. The summed E-state index contributed by atoms with van der Waals surface area (Å²) < 4.78 is 77.6. The van der Waals surface area contributed by atoms with Crippen molar-refractivity contribution in [2.24, 2.45) is 11.8 Å². The van der Waals surface area contributed by atoms with E-state index in [1.54, 1.807) is 0 Å². The molecular weight excluding hydrogens is 330 g/mol. The highest BCUT2D eigenvalue weighted by Crippen LogP contribution is 2.50. The van der Waals surface area contributed by atoms with Crippen LogP contribution in [0.3, 0.4) is 0 Å². The number of nitrogens with zero attached hydrogens (tertiary/aromatic N) is 1. The lowest BCUT2D eigenvalue weighted by atomic mass is 10.2. The third kappa shape index (κ3) is 5.29. The molecule has 2 rings (SSSR count). The van der Waals surface area contributed by atoms with Gasteiger partial charge in [-0.05, 0) is 18.1 Å². The molecule has 2 unspecified atom stereocenters. The topological polar surface area (TPSA) is 51.2 Å². The number of amides is 1. The van der Waals surface area contributed by atoms with Crippen LogP contribution in [0.2, 0.25) is 0 Å². The lowest BCUT2D eigenvalue weighted by Gasteiger charge is -2.10. The highest BCUT2D eigenvalue weighted by molar-refractivity contribution is 5.81. The number of nitrogens with one attached hydrogen (secondary N) is 1. The first kappa shape index (κ1) is 17.4. The summed E-state index contributed by atoms with van der Waals surface area (Å²) in [7, 11) is 0. The third-order valence-corrected chi connectivity index (χ3v) is 3.20. The van der Waals surface area contributed by atoms with Gasteiger partial charge in [-0.15, -0.1) is 0 Å². The van der Waals surface area contributed by atoms with Gasteiger partial charge in [-0.1, -0.05) is 0 Å². The summed E-state index contributed by atoms with van der Waals surface area (Å²) in [6, 6.07) is 2.59. The normalized spacial score (nSPS) is 21.0. The third-order valence-electron chi connectivity index (χ3n) is 3.20. The quantitative estimate of drug-likeness (QED) is 0.838. The average molecular weight is 342 g/mol. The molecule has 1 aromatic heterocycles. The maximum absolute atomic E-state index is 12.4. The molecule has 4 nitrogen and oxygen atoms in total. The summed E-state index contributed by atoms with van der Waals surface area (Å²) in [6.45, 7) is -1.63. The SMILES string of the molecule is O=C(NCc1ccnc(OCC(F)(F)F)c1)C1CC1C(F)(F)F. The Morgan fingerprint density at radius 3 is 2.57 bits per heavy atom. The van der Waals surface area contributed by atoms with Crippen molar-refractivity contribution in [3.63, 3.8) is 0 Å². The van der Waals surface area contributed by atoms with Crippen LogP contribution in [0.1, 0.15) is 12.0 Å². The second-order valence-corrected chi connectivity index (χ2v) is 5.11. The van der Waals surface area contributed by atoms with Crippen molar-refractivity contribution in [1.82, 2.24) is 10.3 Å². The van der Waals surface area contributed by atoms with Crippen LogP contribution >= 0.6 is 0 Å². The van der Waals surface area contributed by atoms with Gasteiger partial charge in [-0.3, -0.25) is 4.79 Å². The van der Waals surface area contributed by atoms with Crippen molar-refractivity contribution >= 4 is 5.91 Å². The van der Waals surface area contributed by atoms with Crippen molar-refractivity contribution in [2.45, 2.75) is 25.3 Å². The molecule has 0 saturated heterocycles. The lowest BCUT2D eigenvalue weighted by molar-refractivity contribution is -0.155. The summed E-state index contributed by atoms with van der Waals surface area (Å²) >= 11 is 0. The van der Waals surface area contributed by atoms with Gasteiger partial charge in [0.1, 0.15) is 0 Å². The molecule has 0 bridgehead atoms. The summed E-state index contributed by atoms with van der Waals surface area (Å²) in [4.78, 5) is 15.1. The maximum atomic E-state index is 12.4. The Labute approximate surface area is 126 Å². The molecule has 1 heterocycles. The minimum absolute atomic E-state index is 0.120. The van der Waals surface area contributed by atoms with Gasteiger partial charge in [0.2, 0.25) is 11.8 Å². The summed E-state index contributed by atoms with van der Waals surface area (Å²) in [5.74, 6) is -3.74. The minimum Gasteiger partial charge on any atom is -0.468 e. The number of carbonyl (C=O) groups excluding carboxylic acids is 1. The Kier molecular flexibility index (Phi) is 4.71. The second kappa shape index (κ2) is 6.25. The molecule has 23 heavy (non-hydrogen) atoms. The molecule has 128 valence electrons. The number of ether oxygens (including phenoxy) is 1. The summed E-state index contributed by atoms with van der Waals surface area (Å²) in [5.41, 5.74) is 0.370. The van der Waals surface area contributed by atoms with Crippen LogP contribution in [0, 0.1) is 11.8 Å². The standard InChI is InChI=1S/C13H12F6N2O2/c14-12(15,16)6-23-10-3-7(1-2-20-10)5-21-11(22)8-4-9(8)13(17,18)19/h1-3,8-9H,4-6H2,(H,21,22). The molecule has 0 aromatic carbocycles. The zero-order chi connectivity index (χ0) is 17.3. The van der Waals surface area contributed by atoms with Crippen LogP contribution in [0.4, 0.5) is 26.3 Å². The van der Waals surface area contributed by atoms with E-state index in [9.17, 15) is 31.1 Å². The molecule has 1 saturated carbocycles. The van der Waals surface area contributed by atoms with Gasteiger partial charge in [0.15, 0.2) is 6.61 Å². The van der Waals surface area contributed by atoms with E-state index in [4.69, 9.17) is 0 Å². The monoisotopic (exact) mass is 342 g/mol. The van der Waals surface area contributed by atoms with Crippen molar-refractivity contribution < 1.29 is 35.9 Å². The molecule has 0 radical (unpaired) electrons. The Balaban J connectivity index is 1.83. The lowest BCUT2D eigenvalue weighted by Crippen LogP contribution is -2.27.